The van der Waals surface area contributed by atoms with E-state index < -0.39 is 21.3 Å². The van der Waals surface area contributed by atoms with E-state index in [4.69, 9.17) is 32.8 Å². The summed E-state index contributed by atoms with van der Waals surface area (Å²) in [6, 6.07) is 12.1. The minimum Gasteiger partial charge on any atom is -0.496 e. The van der Waals surface area contributed by atoms with E-state index in [1.165, 1.54) is 0 Å². The molecule has 2 unspecified atom stereocenters. The number of hydrogen-bond donors (Lipinski definition) is 1. The molecule has 1 aliphatic rings. The first-order valence-corrected chi connectivity index (χ1v) is 11.0. The highest BCUT2D eigenvalue weighted by molar-refractivity contribution is 7.90. The van der Waals surface area contributed by atoms with E-state index in [1.807, 2.05) is 24.3 Å². The van der Waals surface area contributed by atoms with Gasteiger partial charge in [-0.25, -0.2) is 13.1 Å². The van der Waals surface area contributed by atoms with Gasteiger partial charge in [-0.2, -0.15) is 5.06 Å². The zero-order valence-electron chi connectivity index (χ0n) is 15.6. The molecular formula is C19H22Cl2N2O4S. The van der Waals surface area contributed by atoms with E-state index in [1.54, 1.807) is 37.4 Å². The lowest BCUT2D eigenvalue weighted by Gasteiger charge is -2.23. The second-order valence-electron chi connectivity index (χ2n) is 6.50. The molecule has 0 aliphatic carbocycles. The van der Waals surface area contributed by atoms with Gasteiger partial charge in [0.15, 0.2) is 0 Å². The maximum atomic E-state index is 13.0. The largest absolute Gasteiger partial charge is 0.496 e. The van der Waals surface area contributed by atoms with E-state index in [9.17, 15) is 8.42 Å². The summed E-state index contributed by atoms with van der Waals surface area (Å²) in [6.07, 6.45) is 0.518. The van der Waals surface area contributed by atoms with E-state index in [0.29, 0.717) is 16.5 Å². The number of ether oxygens (including phenoxy) is 1. The van der Waals surface area contributed by atoms with Crippen LogP contribution in [0.1, 0.15) is 17.2 Å². The van der Waals surface area contributed by atoms with Crippen LogP contribution in [-0.2, 0) is 21.3 Å². The van der Waals surface area contributed by atoms with Crippen LogP contribution >= 0.6 is 23.2 Å². The van der Waals surface area contributed by atoms with Crippen LogP contribution in [0, 0.1) is 0 Å². The molecule has 0 bridgehead atoms. The predicted molar refractivity (Wildman–Crippen MR) is 110 cm³/mol. The molecule has 6 nitrogen and oxygen atoms in total. The molecule has 152 valence electrons. The summed E-state index contributed by atoms with van der Waals surface area (Å²) < 4.78 is 33.9. The minimum atomic E-state index is -3.64. The smallest absolute Gasteiger partial charge is 0.218 e. The molecular weight excluding hydrogens is 423 g/mol. The second kappa shape index (κ2) is 8.98. The van der Waals surface area contributed by atoms with Gasteiger partial charge in [0.25, 0.3) is 0 Å². The Bertz CT molecular complexity index is 939. The van der Waals surface area contributed by atoms with Crippen LogP contribution < -0.4 is 9.46 Å². The molecule has 1 aliphatic heterocycles. The van der Waals surface area contributed by atoms with E-state index in [-0.39, 0.29) is 13.2 Å². The van der Waals surface area contributed by atoms with Crippen LogP contribution in [0.25, 0.3) is 0 Å². The number of halogens is 2. The van der Waals surface area contributed by atoms with Crippen LogP contribution in [0.2, 0.25) is 10.0 Å². The molecule has 0 spiro atoms. The highest BCUT2D eigenvalue weighted by Crippen LogP contribution is 2.35. The first-order valence-electron chi connectivity index (χ1n) is 8.74. The molecule has 1 N–H and O–H groups in total. The van der Waals surface area contributed by atoms with Gasteiger partial charge in [0, 0.05) is 13.6 Å². The van der Waals surface area contributed by atoms with Gasteiger partial charge in [-0.1, -0.05) is 47.5 Å². The van der Waals surface area contributed by atoms with Crippen molar-refractivity contribution < 1.29 is 18.0 Å². The number of rotatable bonds is 7. The Morgan fingerprint density at radius 3 is 2.68 bits per heavy atom. The average molecular weight is 445 g/mol. The van der Waals surface area contributed by atoms with Crippen molar-refractivity contribution in [1.82, 2.24) is 9.79 Å². The molecule has 9 heteroatoms. The Labute approximate surface area is 175 Å². The number of hydrogen-bond acceptors (Lipinski definition) is 5. The zero-order valence-corrected chi connectivity index (χ0v) is 17.9. The number of hydroxylamine groups is 2. The number of para-hydroxylation sites is 1. The van der Waals surface area contributed by atoms with Crippen molar-refractivity contribution in [2.24, 2.45) is 0 Å². The Hall–Kier alpha value is -1.35. The molecule has 1 fully saturated rings. The summed E-state index contributed by atoms with van der Waals surface area (Å²) in [4.78, 5) is 5.51. The molecule has 1 saturated heterocycles. The van der Waals surface area contributed by atoms with Crippen molar-refractivity contribution in [3.05, 3.63) is 63.6 Å². The Morgan fingerprint density at radius 1 is 1.21 bits per heavy atom. The summed E-state index contributed by atoms with van der Waals surface area (Å²) in [5, 5.41) is 1.57. The van der Waals surface area contributed by atoms with Gasteiger partial charge >= 0.3 is 0 Å². The van der Waals surface area contributed by atoms with Crippen LogP contribution in [0.5, 0.6) is 5.75 Å². The SMILES string of the molecule is COc1ccccc1CCNS(=O)(=O)C1CON(C)C1c1ccc(Cl)c(Cl)c1. The molecule has 2 aromatic rings. The Kier molecular flexibility index (Phi) is 6.85. The van der Waals surface area contributed by atoms with Gasteiger partial charge in [0.2, 0.25) is 10.0 Å². The topological polar surface area (TPSA) is 67.9 Å². The Morgan fingerprint density at radius 2 is 1.96 bits per heavy atom. The second-order valence-corrected chi connectivity index (χ2v) is 9.30. The number of nitrogens with zero attached hydrogens (tertiary/aromatic N) is 1. The van der Waals surface area contributed by atoms with Gasteiger partial charge < -0.3 is 4.74 Å². The van der Waals surface area contributed by atoms with Gasteiger partial charge in [-0.05, 0) is 35.7 Å². The van der Waals surface area contributed by atoms with Crippen LogP contribution in [0.4, 0.5) is 0 Å². The first kappa shape index (κ1) is 21.4. The number of benzene rings is 2. The third-order valence-corrected chi connectivity index (χ3v) is 7.30. The minimum absolute atomic E-state index is 0.0609. The molecule has 28 heavy (non-hydrogen) atoms. The van der Waals surface area contributed by atoms with E-state index in [0.717, 1.165) is 16.9 Å². The lowest BCUT2D eigenvalue weighted by molar-refractivity contribution is -0.110. The lowest BCUT2D eigenvalue weighted by atomic mass is 10.0. The zero-order chi connectivity index (χ0) is 20.3. The third kappa shape index (κ3) is 4.62. The quantitative estimate of drug-likeness (QED) is 0.707. The summed E-state index contributed by atoms with van der Waals surface area (Å²) in [5.74, 6) is 0.735. The van der Waals surface area contributed by atoms with Crippen molar-refractivity contribution in [3.63, 3.8) is 0 Å². The van der Waals surface area contributed by atoms with Crippen molar-refractivity contribution >= 4 is 33.2 Å². The summed E-state index contributed by atoms with van der Waals surface area (Å²) in [7, 11) is -0.337. The molecule has 0 saturated carbocycles. The highest BCUT2D eigenvalue weighted by Gasteiger charge is 2.43. The van der Waals surface area contributed by atoms with E-state index in [2.05, 4.69) is 4.72 Å². The summed E-state index contributed by atoms with van der Waals surface area (Å²) in [5.41, 5.74) is 1.67. The van der Waals surface area contributed by atoms with Crippen molar-refractivity contribution in [2.45, 2.75) is 17.7 Å². The van der Waals surface area contributed by atoms with Crippen LogP contribution in [0.3, 0.4) is 0 Å². The molecule has 0 radical (unpaired) electrons. The van der Waals surface area contributed by atoms with Crippen molar-refractivity contribution in [3.8, 4) is 5.75 Å². The van der Waals surface area contributed by atoms with Crippen molar-refractivity contribution in [1.29, 1.82) is 0 Å². The average Bonchev–Trinajstić information content (AvgIpc) is 3.07. The fourth-order valence-corrected chi connectivity index (χ4v) is 5.14. The number of nitrogens with one attached hydrogen (secondary N) is 1. The van der Waals surface area contributed by atoms with Crippen LogP contribution in [0.15, 0.2) is 42.5 Å². The summed E-state index contributed by atoms with van der Waals surface area (Å²) in [6.45, 7) is 0.322. The maximum Gasteiger partial charge on any atom is 0.218 e. The van der Waals surface area contributed by atoms with Crippen molar-refractivity contribution in [2.75, 3.05) is 27.3 Å². The predicted octanol–water partition coefficient (Wildman–Crippen LogP) is 3.45. The van der Waals surface area contributed by atoms with Gasteiger partial charge in [-0.15, -0.1) is 0 Å². The molecule has 0 aromatic heterocycles. The standard InChI is InChI=1S/C19H22Cl2N2O4S/c1-23-19(14-7-8-15(20)16(21)11-14)18(12-27-23)28(24,25)22-10-9-13-5-3-4-6-17(13)26-2/h3-8,11,18-19,22H,9-10,12H2,1-2H3. The number of methoxy groups -OCH3 is 1. The first-order chi connectivity index (χ1) is 13.3. The lowest BCUT2D eigenvalue weighted by Crippen LogP contribution is -2.40. The molecule has 2 aromatic carbocycles. The number of sulfonamides is 1. The summed E-state index contributed by atoms with van der Waals surface area (Å²) >= 11 is 12.1. The highest BCUT2D eigenvalue weighted by atomic mass is 35.5. The van der Waals surface area contributed by atoms with Gasteiger partial charge in [-0.3, -0.25) is 4.84 Å². The van der Waals surface area contributed by atoms with Crippen LogP contribution in [-0.4, -0.2) is 46.0 Å². The maximum absolute atomic E-state index is 13.0. The molecule has 2 atom stereocenters. The van der Waals surface area contributed by atoms with Gasteiger partial charge in [0.05, 0.1) is 29.8 Å². The Balaban J connectivity index is 1.73. The monoisotopic (exact) mass is 444 g/mol. The van der Waals surface area contributed by atoms with E-state index >= 15 is 0 Å². The fraction of sp³-hybridized carbons (Fsp3) is 0.368. The van der Waals surface area contributed by atoms with Gasteiger partial charge in [0.1, 0.15) is 11.0 Å². The normalized spacial score (nSPS) is 20.4. The fourth-order valence-electron chi connectivity index (χ4n) is 3.32. The molecule has 1 heterocycles. The third-order valence-electron chi connectivity index (χ3n) is 4.76. The molecule has 3 rings (SSSR count). The molecule has 0 amide bonds.